The number of nitrogens with zero attached hydrogens (tertiary/aromatic N) is 2. The molecule has 0 aliphatic heterocycles. The molecule has 6 nitrogen and oxygen atoms in total. The summed E-state index contributed by atoms with van der Waals surface area (Å²) in [5.41, 5.74) is 5.74. The Bertz CT molecular complexity index is 495. The van der Waals surface area contributed by atoms with Gasteiger partial charge >= 0.3 is 0 Å². The predicted molar refractivity (Wildman–Crippen MR) is 83.2 cm³/mol. The average molecular weight is 293 g/mol. The lowest BCUT2D eigenvalue weighted by atomic mass is 10.1. The number of nitro benzene ring substituents is 1. The van der Waals surface area contributed by atoms with Crippen LogP contribution in [0.1, 0.15) is 49.9 Å². The standard InChI is InChI=1S/C15H23N3O3/c1-3-5-9-17(10-6-4-2)15(19)12-7-8-13(16)14(11-12)18(20)21/h7-8,11H,3-6,9-10,16H2,1-2H3. The number of hydrogen-bond donors (Lipinski definition) is 1. The molecule has 0 saturated heterocycles. The molecule has 0 heterocycles. The second-order valence-electron chi connectivity index (χ2n) is 5.03. The molecule has 6 heteroatoms. The minimum Gasteiger partial charge on any atom is -0.393 e. The number of amides is 1. The Balaban J connectivity index is 2.96. The topological polar surface area (TPSA) is 89.5 Å². The van der Waals surface area contributed by atoms with Crippen LogP contribution >= 0.6 is 0 Å². The van der Waals surface area contributed by atoms with Crippen LogP contribution in [0.4, 0.5) is 11.4 Å². The van der Waals surface area contributed by atoms with Crippen LogP contribution in [0.5, 0.6) is 0 Å². The van der Waals surface area contributed by atoms with E-state index < -0.39 is 4.92 Å². The van der Waals surface area contributed by atoms with Crippen LogP contribution in [-0.4, -0.2) is 28.8 Å². The normalized spacial score (nSPS) is 10.4. The maximum atomic E-state index is 12.5. The number of hydrogen-bond acceptors (Lipinski definition) is 4. The first-order valence-electron chi connectivity index (χ1n) is 7.34. The minimum atomic E-state index is -0.561. The van der Waals surface area contributed by atoms with E-state index in [4.69, 9.17) is 5.73 Å². The molecule has 0 spiro atoms. The van der Waals surface area contributed by atoms with Gasteiger partial charge in [-0.3, -0.25) is 14.9 Å². The first kappa shape index (κ1) is 16.9. The van der Waals surface area contributed by atoms with Crippen molar-refractivity contribution in [3.8, 4) is 0 Å². The fourth-order valence-electron chi connectivity index (χ4n) is 2.03. The van der Waals surface area contributed by atoms with E-state index in [1.807, 2.05) is 0 Å². The van der Waals surface area contributed by atoms with E-state index in [0.717, 1.165) is 25.7 Å². The molecule has 0 atom stereocenters. The van der Waals surface area contributed by atoms with Crippen LogP contribution in [0.15, 0.2) is 18.2 Å². The highest BCUT2D eigenvalue weighted by Gasteiger charge is 2.19. The summed E-state index contributed by atoms with van der Waals surface area (Å²) >= 11 is 0. The Morgan fingerprint density at radius 3 is 2.29 bits per heavy atom. The van der Waals surface area contributed by atoms with Crippen molar-refractivity contribution >= 4 is 17.3 Å². The van der Waals surface area contributed by atoms with Gasteiger partial charge in [-0.05, 0) is 25.0 Å². The van der Waals surface area contributed by atoms with Crippen LogP contribution < -0.4 is 5.73 Å². The zero-order valence-electron chi connectivity index (χ0n) is 12.7. The third kappa shape index (κ3) is 4.73. The molecule has 116 valence electrons. The molecule has 0 unspecified atom stereocenters. The molecule has 2 N–H and O–H groups in total. The van der Waals surface area contributed by atoms with Gasteiger partial charge in [0.25, 0.3) is 11.6 Å². The summed E-state index contributed by atoms with van der Waals surface area (Å²) in [7, 11) is 0. The Morgan fingerprint density at radius 2 is 1.81 bits per heavy atom. The van der Waals surface area contributed by atoms with Crippen molar-refractivity contribution in [1.29, 1.82) is 0 Å². The van der Waals surface area contributed by atoms with Crippen LogP contribution in [-0.2, 0) is 0 Å². The highest BCUT2D eigenvalue weighted by Crippen LogP contribution is 2.23. The second kappa shape index (κ2) is 8.24. The Labute approximate surface area is 125 Å². The Hall–Kier alpha value is -2.11. The number of carbonyl (C=O) groups excluding carboxylic acids is 1. The second-order valence-corrected chi connectivity index (χ2v) is 5.03. The van der Waals surface area contributed by atoms with Gasteiger partial charge in [0.15, 0.2) is 0 Å². The average Bonchev–Trinajstić information content (AvgIpc) is 2.47. The molecule has 1 aromatic rings. The van der Waals surface area contributed by atoms with Gasteiger partial charge in [0.05, 0.1) is 4.92 Å². The van der Waals surface area contributed by atoms with Crippen molar-refractivity contribution in [1.82, 2.24) is 4.90 Å². The third-order valence-corrected chi connectivity index (χ3v) is 3.32. The Morgan fingerprint density at radius 1 is 1.24 bits per heavy atom. The van der Waals surface area contributed by atoms with Crippen LogP contribution in [0.25, 0.3) is 0 Å². The highest BCUT2D eigenvalue weighted by atomic mass is 16.6. The number of nitrogen functional groups attached to an aromatic ring is 1. The monoisotopic (exact) mass is 293 g/mol. The lowest BCUT2D eigenvalue weighted by molar-refractivity contribution is -0.383. The minimum absolute atomic E-state index is 0.0743. The van der Waals surface area contributed by atoms with Gasteiger partial charge in [-0.1, -0.05) is 26.7 Å². The molecular weight excluding hydrogens is 270 g/mol. The quantitative estimate of drug-likeness (QED) is 0.452. The van der Waals surface area contributed by atoms with E-state index in [1.165, 1.54) is 12.1 Å². The number of nitrogens with two attached hydrogens (primary N) is 1. The van der Waals surface area contributed by atoms with Crippen LogP contribution in [0, 0.1) is 10.1 Å². The van der Waals surface area contributed by atoms with Crippen molar-refractivity contribution in [2.45, 2.75) is 39.5 Å². The third-order valence-electron chi connectivity index (χ3n) is 3.32. The molecular formula is C15H23N3O3. The fourth-order valence-corrected chi connectivity index (χ4v) is 2.03. The Kier molecular flexibility index (Phi) is 6.65. The van der Waals surface area contributed by atoms with E-state index in [1.54, 1.807) is 11.0 Å². The van der Waals surface area contributed by atoms with E-state index in [2.05, 4.69) is 13.8 Å². The molecule has 1 rings (SSSR count). The molecule has 21 heavy (non-hydrogen) atoms. The number of unbranched alkanes of at least 4 members (excludes halogenated alkanes) is 2. The van der Waals surface area contributed by atoms with Gasteiger partial charge in [-0.15, -0.1) is 0 Å². The lowest BCUT2D eigenvalue weighted by Gasteiger charge is -2.22. The van der Waals surface area contributed by atoms with Gasteiger partial charge in [0, 0.05) is 24.7 Å². The summed E-state index contributed by atoms with van der Waals surface area (Å²) in [6, 6.07) is 4.24. The molecule has 0 aliphatic carbocycles. The van der Waals surface area contributed by atoms with Gasteiger partial charge in [0.2, 0.25) is 0 Å². The molecule has 1 amide bonds. The summed E-state index contributed by atoms with van der Waals surface area (Å²) in [5.74, 6) is -0.167. The molecule has 1 aromatic carbocycles. The van der Waals surface area contributed by atoms with E-state index in [-0.39, 0.29) is 17.3 Å². The smallest absolute Gasteiger partial charge is 0.292 e. The molecule has 0 bridgehead atoms. The van der Waals surface area contributed by atoms with Crippen molar-refractivity contribution < 1.29 is 9.72 Å². The van der Waals surface area contributed by atoms with Gasteiger partial charge in [0.1, 0.15) is 5.69 Å². The molecule has 0 aromatic heterocycles. The summed E-state index contributed by atoms with van der Waals surface area (Å²) in [5, 5.41) is 10.9. The number of benzene rings is 1. The van der Waals surface area contributed by atoms with Crippen molar-refractivity contribution in [3.63, 3.8) is 0 Å². The zero-order chi connectivity index (χ0) is 15.8. The first-order valence-corrected chi connectivity index (χ1v) is 7.34. The maximum Gasteiger partial charge on any atom is 0.292 e. The predicted octanol–water partition coefficient (Wildman–Crippen LogP) is 3.22. The molecule has 0 radical (unpaired) electrons. The van der Waals surface area contributed by atoms with Crippen LogP contribution in [0.3, 0.4) is 0 Å². The summed E-state index contributed by atoms with van der Waals surface area (Å²) < 4.78 is 0. The summed E-state index contributed by atoms with van der Waals surface area (Å²) in [4.78, 5) is 24.6. The molecule has 0 fully saturated rings. The maximum absolute atomic E-state index is 12.5. The van der Waals surface area contributed by atoms with Crippen molar-refractivity contribution in [2.24, 2.45) is 0 Å². The van der Waals surface area contributed by atoms with Gasteiger partial charge in [-0.25, -0.2) is 0 Å². The largest absolute Gasteiger partial charge is 0.393 e. The molecule has 0 aliphatic rings. The lowest BCUT2D eigenvalue weighted by Crippen LogP contribution is -2.33. The number of anilines is 1. The van der Waals surface area contributed by atoms with Gasteiger partial charge < -0.3 is 10.6 Å². The van der Waals surface area contributed by atoms with E-state index in [0.29, 0.717) is 18.7 Å². The highest BCUT2D eigenvalue weighted by molar-refractivity contribution is 5.95. The number of nitro groups is 1. The fraction of sp³-hybridized carbons (Fsp3) is 0.533. The summed E-state index contributed by atoms with van der Waals surface area (Å²) in [6.45, 7) is 5.48. The number of carbonyl (C=O) groups is 1. The van der Waals surface area contributed by atoms with E-state index >= 15 is 0 Å². The zero-order valence-corrected chi connectivity index (χ0v) is 12.7. The van der Waals surface area contributed by atoms with E-state index in [9.17, 15) is 14.9 Å². The SMILES string of the molecule is CCCCN(CCCC)C(=O)c1ccc(N)c([N+](=O)[O-])c1. The van der Waals surface area contributed by atoms with Crippen LogP contribution in [0.2, 0.25) is 0 Å². The number of rotatable bonds is 8. The molecule has 0 saturated carbocycles. The van der Waals surface area contributed by atoms with Crippen molar-refractivity contribution in [2.75, 3.05) is 18.8 Å². The van der Waals surface area contributed by atoms with Crippen molar-refractivity contribution in [3.05, 3.63) is 33.9 Å². The summed E-state index contributed by atoms with van der Waals surface area (Å²) in [6.07, 6.45) is 3.84. The van der Waals surface area contributed by atoms with Gasteiger partial charge in [-0.2, -0.15) is 0 Å². The first-order chi connectivity index (χ1) is 10.0.